The number of non-ortho nitro benzene ring substituents is 1. The smallest absolute Gasteiger partial charge is 0.269 e. The number of hydrogen-bond acceptors (Lipinski definition) is 8. The van der Waals surface area contributed by atoms with Crippen molar-refractivity contribution in [2.45, 2.75) is 32.0 Å². The Morgan fingerprint density at radius 3 is 2.31 bits per heavy atom. The van der Waals surface area contributed by atoms with Gasteiger partial charge in [0.15, 0.2) is 11.4 Å². The van der Waals surface area contributed by atoms with Crippen molar-refractivity contribution >= 4 is 40.5 Å². The van der Waals surface area contributed by atoms with Gasteiger partial charge in [-0.2, -0.15) is 0 Å². The SMILES string of the molecule is C[C@@H](/C=C/CC(=O)N(CCO)Cc1ccccc1)[C@]1(O)C(=O)N(Cc2ccc(N3C(=O)c4ccccc4Oc4ccccc43)cc2)c2ccc([N+](=O)[O-])cc21. The first kappa shape index (κ1) is 36.7. The third-order valence-corrected chi connectivity index (χ3v) is 9.96. The number of aliphatic hydroxyl groups excluding tert-OH is 1. The number of ether oxygens (including phenoxy) is 1. The molecule has 2 aliphatic heterocycles. The third kappa shape index (κ3) is 7.08. The van der Waals surface area contributed by atoms with E-state index in [2.05, 4.69) is 0 Å². The highest BCUT2D eigenvalue weighted by Gasteiger charge is 2.53. The molecule has 0 aliphatic carbocycles. The summed E-state index contributed by atoms with van der Waals surface area (Å²) in [5, 5.41) is 33.6. The molecule has 2 N–H and O–H groups in total. The fourth-order valence-corrected chi connectivity index (χ4v) is 7.06. The van der Waals surface area contributed by atoms with Crippen LogP contribution < -0.4 is 14.5 Å². The van der Waals surface area contributed by atoms with Crippen LogP contribution in [0.4, 0.5) is 22.7 Å². The Morgan fingerprint density at radius 2 is 1.58 bits per heavy atom. The minimum Gasteiger partial charge on any atom is -0.454 e. The molecule has 0 aromatic heterocycles. The van der Waals surface area contributed by atoms with Gasteiger partial charge in [0.2, 0.25) is 5.91 Å². The summed E-state index contributed by atoms with van der Waals surface area (Å²) in [5.41, 5.74) is 1.06. The molecule has 3 amide bonds. The van der Waals surface area contributed by atoms with E-state index in [-0.39, 0.29) is 49.2 Å². The zero-order valence-electron chi connectivity index (χ0n) is 29.9. The van der Waals surface area contributed by atoms with E-state index in [0.29, 0.717) is 46.2 Å². The van der Waals surface area contributed by atoms with Crippen molar-refractivity contribution in [2.75, 3.05) is 23.0 Å². The number of nitrogens with zero attached hydrogens (tertiary/aromatic N) is 4. The van der Waals surface area contributed by atoms with E-state index in [1.807, 2.05) is 42.5 Å². The van der Waals surface area contributed by atoms with Crippen molar-refractivity contribution < 1.29 is 34.3 Å². The predicted octanol–water partition coefficient (Wildman–Crippen LogP) is 7.02. The Bertz CT molecular complexity index is 2290. The number of hydrogen-bond donors (Lipinski definition) is 2. The van der Waals surface area contributed by atoms with Gasteiger partial charge in [0.1, 0.15) is 5.75 Å². The first-order chi connectivity index (χ1) is 26.6. The molecule has 0 bridgehead atoms. The largest absolute Gasteiger partial charge is 0.454 e. The highest BCUT2D eigenvalue weighted by Crippen LogP contribution is 2.47. The Kier molecular flexibility index (Phi) is 10.3. The highest BCUT2D eigenvalue weighted by atomic mass is 16.6. The molecule has 0 saturated carbocycles. The van der Waals surface area contributed by atoms with Gasteiger partial charge in [-0.15, -0.1) is 0 Å². The number of nitro groups is 1. The van der Waals surface area contributed by atoms with Crippen LogP contribution in [0.2, 0.25) is 0 Å². The molecule has 0 fully saturated rings. The first-order valence-corrected chi connectivity index (χ1v) is 17.8. The van der Waals surface area contributed by atoms with E-state index in [0.717, 1.165) is 5.56 Å². The molecule has 0 unspecified atom stereocenters. The van der Waals surface area contributed by atoms with E-state index in [9.17, 15) is 34.7 Å². The molecular formula is C43H38N4O8. The average molecular weight is 739 g/mol. The number of fused-ring (bicyclic) bond motifs is 3. The third-order valence-electron chi connectivity index (χ3n) is 9.96. The topological polar surface area (TPSA) is 154 Å². The van der Waals surface area contributed by atoms with Crippen LogP contribution in [0.5, 0.6) is 11.5 Å². The van der Waals surface area contributed by atoms with Gasteiger partial charge in [-0.05, 0) is 53.6 Å². The van der Waals surface area contributed by atoms with Gasteiger partial charge >= 0.3 is 0 Å². The number of carbonyl (C=O) groups is 3. The lowest BCUT2D eigenvalue weighted by Gasteiger charge is -2.28. The van der Waals surface area contributed by atoms with Crippen LogP contribution >= 0.6 is 0 Å². The molecule has 55 heavy (non-hydrogen) atoms. The Hall–Kier alpha value is -6.63. The van der Waals surface area contributed by atoms with Crippen LogP contribution in [0.3, 0.4) is 0 Å². The molecule has 278 valence electrons. The molecule has 7 rings (SSSR count). The second-order valence-electron chi connectivity index (χ2n) is 13.4. The van der Waals surface area contributed by atoms with Crippen molar-refractivity contribution in [2.24, 2.45) is 5.92 Å². The van der Waals surface area contributed by atoms with Crippen LogP contribution in [0.1, 0.15) is 40.4 Å². The summed E-state index contributed by atoms with van der Waals surface area (Å²) in [7, 11) is 0. The lowest BCUT2D eigenvalue weighted by Crippen LogP contribution is -2.44. The second-order valence-corrected chi connectivity index (χ2v) is 13.4. The Balaban J connectivity index is 1.13. The van der Waals surface area contributed by atoms with Crippen molar-refractivity contribution in [3.05, 3.63) is 166 Å². The van der Waals surface area contributed by atoms with E-state index >= 15 is 0 Å². The van der Waals surface area contributed by atoms with Gasteiger partial charge in [0.25, 0.3) is 17.5 Å². The van der Waals surface area contributed by atoms with Gasteiger partial charge in [0, 0.05) is 48.8 Å². The summed E-state index contributed by atoms with van der Waals surface area (Å²) in [6, 6.07) is 34.7. The molecular weight excluding hydrogens is 700 g/mol. The van der Waals surface area contributed by atoms with Gasteiger partial charge in [-0.3, -0.25) is 29.4 Å². The van der Waals surface area contributed by atoms with Crippen molar-refractivity contribution in [1.82, 2.24) is 4.90 Å². The molecule has 5 aromatic carbocycles. The molecule has 5 aromatic rings. The number of benzene rings is 5. The molecule has 0 saturated heterocycles. The number of carbonyl (C=O) groups excluding carboxylic acids is 3. The van der Waals surface area contributed by atoms with Crippen LogP contribution in [-0.2, 0) is 28.3 Å². The van der Waals surface area contributed by atoms with E-state index in [1.54, 1.807) is 84.6 Å². The maximum absolute atomic E-state index is 14.3. The first-order valence-electron chi connectivity index (χ1n) is 17.8. The fourth-order valence-electron chi connectivity index (χ4n) is 7.06. The number of rotatable bonds is 12. The number of anilines is 3. The second kappa shape index (κ2) is 15.4. The molecule has 12 heteroatoms. The van der Waals surface area contributed by atoms with Crippen LogP contribution in [0.25, 0.3) is 0 Å². The quantitative estimate of drug-likeness (QED) is 0.0787. The number of para-hydroxylation sites is 3. The fraction of sp³-hybridized carbons (Fsp3) is 0.186. The van der Waals surface area contributed by atoms with Crippen LogP contribution in [0.15, 0.2) is 133 Å². The van der Waals surface area contributed by atoms with E-state index in [4.69, 9.17) is 4.74 Å². The molecule has 2 aliphatic rings. The van der Waals surface area contributed by atoms with E-state index in [1.165, 1.54) is 28.0 Å². The van der Waals surface area contributed by atoms with Crippen molar-refractivity contribution in [1.29, 1.82) is 0 Å². The monoisotopic (exact) mass is 738 g/mol. The maximum atomic E-state index is 14.3. The minimum atomic E-state index is -2.18. The minimum absolute atomic E-state index is 0.0211. The molecule has 0 radical (unpaired) electrons. The van der Waals surface area contributed by atoms with Gasteiger partial charge in [0.05, 0.1) is 35.0 Å². The van der Waals surface area contributed by atoms with Crippen LogP contribution in [0, 0.1) is 16.0 Å². The van der Waals surface area contributed by atoms with Gasteiger partial charge in [-0.1, -0.05) is 85.8 Å². The summed E-state index contributed by atoms with van der Waals surface area (Å²) in [6.45, 7) is 1.87. The number of aliphatic hydroxyl groups is 2. The molecule has 2 atom stereocenters. The molecule has 12 nitrogen and oxygen atoms in total. The Labute approximate surface area is 317 Å². The standard InChI is InChI=1S/C43H38N4O8/c1-29(10-9-17-40(49)44(24-25-48)27-30-11-3-2-4-12-30)43(52)35-26-33(47(53)54)22-23-36(35)45(42(43)51)28-31-18-20-32(21-19-31)46-37-14-6-8-16-39(37)55-38-15-7-5-13-34(38)41(46)50/h2-16,18-23,26,29,48,52H,17,24-25,27-28H2,1H3/b10-9+/t29-,43+/m0/s1. The summed E-state index contributed by atoms with van der Waals surface area (Å²) in [5.74, 6) is -1.13. The lowest BCUT2D eigenvalue weighted by molar-refractivity contribution is -0.385. The van der Waals surface area contributed by atoms with Gasteiger partial charge < -0.3 is 24.7 Å². The zero-order chi connectivity index (χ0) is 38.7. The summed E-state index contributed by atoms with van der Waals surface area (Å²) < 4.78 is 6.12. The number of amides is 3. The lowest BCUT2D eigenvalue weighted by atomic mass is 9.82. The highest BCUT2D eigenvalue weighted by molar-refractivity contribution is 6.14. The van der Waals surface area contributed by atoms with Crippen LogP contribution in [-0.4, -0.2) is 50.9 Å². The predicted molar refractivity (Wildman–Crippen MR) is 206 cm³/mol. The van der Waals surface area contributed by atoms with Gasteiger partial charge in [-0.25, -0.2) is 0 Å². The summed E-state index contributed by atoms with van der Waals surface area (Å²) in [6.07, 6.45) is 3.08. The summed E-state index contributed by atoms with van der Waals surface area (Å²) >= 11 is 0. The van der Waals surface area contributed by atoms with Crippen molar-refractivity contribution in [3.63, 3.8) is 0 Å². The average Bonchev–Trinajstić information content (AvgIpc) is 3.32. The summed E-state index contributed by atoms with van der Waals surface area (Å²) in [4.78, 5) is 57.0. The maximum Gasteiger partial charge on any atom is 0.269 e. The Morgan fingerprint density at radius 1 is 0.891 bits per heavy atom. The zero-order valence-corrected chi connectivity index (χ0v) is 29.9. The normalized spacial score (nSPS) is 16.6. The molecule has 0 spiro atoms. The molecule has 2 heterocycles. The van der Waals surface area contributed by atoms with E-state index < -0.39 is 22.3 Å². The number of nitro benzene ring substituents is 1. The van der Waals surface area contributed by atoms with Crippen molar-refractivity contribution in [3.8, 4) is 11.5 Å².